The van der Waals surface area contributed by atoms with E-state index in [1.54, 1.807) is 0 Å². The summed E-state index contributed by atoms with van der Waals surface area (Å²) >= 11 is 0. The van der Waals surface area contributed by atoms with Gasteiger partial charge in [0.05, 0.1) is 24.1 Å². The highest BCUT2D eigenvalue weighted by molar-refractivity contribution is 5.34. The summed E-state index contributed by atoms with van der Waals surface area (Å²) in [6, 6.07) is 4.53. The van der Waals surface area contributed by atoms with Crippen molar-refractivity contribution in [3.63, 3.8) is 0 Å². The Morgan fingerprint density at radius 3 is 2.76 bits per heavy atom. The van der Waals surface area contributed by atoms with Gasteiger partial charge in [0.1, 0.15) is 5.82 Å². The third-order valence-electron chi connectivity index (χ3n) is 3.94. The van der Waals surface area contributed by atoms with Gasteiger partial charge in [0.15, 0.2) is 0 Å². The molecule has 2 aromatic heterocycles. The minimum Gasteiger partial charge on any atom is -0.361 e. The second-order valence-corrected chi connectivity index (χ2v) is 5.68. The van der Waals surface area contributed by atoms with Crippen LogP contribution in [0.2, 0.25) is 0 Å². The van der Waals surface area contributed by atoms with Gasteiger partial charge < -0.3 is 4.90 Å². The van der Waals surface area contributed by atoms with Crippen LogP contribution in [0.1, 0.15) is 30.1 Å². The van der Waals surface area contributed by atoms with Crippen molar-refractivity contribution in [1.82, 2.24) is 19.9 Å². The quantitative estimate of drug-likeness (QED) is 0.861. The van der Waals surface area contributed by atoms with Gasteiger partial charge in [-0.25, -0.2) is 4.98 Å². The summed E-state index contributed by atoms with van der Waals surface area (Å²) < 4.78 is 0. The molecule has 0 unspecified atom stereocenters. The molecule has 0 saturated carbocycles. The SMILES string of the molecule is CN(C)c1cncc([C@H]2CCCN2Cc2ccncc2)n1. The summed E-state index contributed by atoms with van der Waals surface area (Å²) in [5.41, 5.74) is 2.38. The van der Waals surface area contributed by atoms with Gasteiger partial charge in [0, 0.05) is 33.0 Å². The summed E-state index contributed by atoms with van der Waals surface area (Å²) in [5.74, 6) is 0.920. The molecule has 2 aromatic rings. The first-order valence-corrected chi connectivity index (χ1v) is 7.36. The zero-order valence-corrected chi connectivity index (χ0v) is 12.6. The average molecular weight is 283 g/mol. The molecule has 1 saturated heterocycles. The number of hydrogen-bond acceptors (Lipinski definition) is 5. The third kappa shape index (κ3) is 3.19. The van der Waals surface area contributed by atoms with Gasteiger partial charge in [-0.15, -0.1) is 0 Å². The van der Waals surface area contributed by atoms with E-state index in [2.05, 4.69) is 27.0 Å². The Balaban J connectivity index is 1.79. The van der Waals surface area contributed by atoms with Crippen molar-refractivity contribution in [2.24, 2.45) is 0 Å². The molecule has 110 valence electrons. The predicted octanol–water partition coefficient (Wildman–Crippen LogP) is 2.27. The monoisotopic (exact) mass is 283 g/mol. The number of likely N-dealkylation sites (tertiary alicyclic amines) is 1. The highest BCUT2D eigenvalue weighted by Gasteiger charge is 2.27. The Morgan fingerprint density at radius 1 is 1.19 bits per heavy atom. The molecule has 0 radical (unpaired) electrons. The lowest BCUT2D eigenvalue weighted by atomic mass is 10.1. The lowest BCUT2D eigenvalue weighted by Gasteiger charge is -2.24. The maximum Gasteiger partial charge on any atom is 0.146 e. The lowest BCUT2D eigenvalue weighted by molar-refractivity contribution is 0.244. The Labute approximate surface area is 125 Å². The predicted molar refractivity (Wildman–Crippen MR) is 83.0 cm³/mol. The van der Waals surface area contributed by atoms with Crippen molar-refractivity contribution in [3.05, 3.63) is 48.2 Å². The molecular formula is C16H21N5. The smallest absolute Gasteiger partial charge is 0.146 e. The molecule has 1 atom stereocenters. The van der Waals surface area contributed by atoms with Crippen LogP contribution in [0.25, 0.3) is 0 Å². The van der Waals surface area contributed by atoms with E-state index in [1.807, 2.05) is 43.8 Å². The van der Waals surface area contributed by atoms with Gasteiger partial charge in [0.2, 0.25) is 0 Å². The number of aromatic nitrogens is 3. The first-order chi connectivity index (χ1) is 10.2. The molecule has 0 spiro atoms. The fourth-order valence-corrected chi connectivity index (χ4v) is 2.82. The second kappa shape index (κ2) is 6.18. The second-order valence-electron chi connectivity index (χ2n) is 5.68. The number of anilines is 1. The van der Waals surface area contributed by atoms with Crippen molar-refractivity contribution < 1.29 is 0 Å². The van der Waals surface area contributed by atoms with E-state index in [-0.39, 0.29) is 0 Å². The zero-order valence-electron chi connectivity index (χ0n) is 12.6. The van der Waals surface area contributed by atoms with Crippen molar-refractivity contribution in [3.8, 4) is 0 Å². The van der Waals surface area contributed by atoms with E-state index in [0.717, 1.165) is 31.0 Å². The van der Waals surface area contributed by atoms with Gasteiger partial charge in [0.25, 0.3) is 0 Å². The third-order valence-corrected chi connectivity index (χ3v) is 3.94. The fourth-order valence-electron chi connectivity index (χ4n) is 2.82. The average Bonchev–Trinajstić information content (AvgIpc) is 2.96. The van der Waals surface area contributed by atoms with Crippen LogP contribution < -0.4 is 4.90 Å². The van der Waals surface area contributed by atoms with Crippen LogP contribution in [-0.2, 0) is 6.54 Å². The first kappa shape index (κ1) is 13.9. The van der Waals surface area contributed by atoms with Crippen LogP contribution in [-0.4, -0.2) is 40.5 Å². The minimum atomic E-state index is 0.366. The molecule has 0 amide bonds. The molecule has 1 aliphatic heterocycles. The van der Waals surface area contributed by atoms with E-state index in [9.17, 15) is 0 Å². The molecule has 1 fully saturated rings. The number of pyridine rings is 1. The van der Waals surface area contributed by atoms with Crippen molar-refractivity contribution >= 4 is 5.82 Å². The summed E-state index contributed by atoms with van der Waals surface area (Å²) in [4.78, 5) is 17.7. The molecule has 0 N–H and O–H groups in total. The van der Waals surface area contributed by atoms with E-state index < -0.39 is 0 Å². The summed E-state index contributed by atoms with van der Waals surface area (Å²) in [6.07, 6.45) is 9.79. The largest absolute Gasteiger partial charge is 0.361 e. The summed E-state index contributed by atoms with van der Waals surface area (Å²) in [6.45, 7) is 2.06. The summed E-state index contributed by atoms with van der Waals surface area (Å²) in [7, 11) is 3.99. The number of hydrogen-bond donors (Lipinski definition) is 0. The van der Waals surface area contributed by atoms with Gasteiger partial charge in [-0.3, -0.25) is 14.9 Å². The molecule has 0 aliphatic carbocycles. The van der Waals surface area contributed by atoms with Crippen LogP contribution in [0.4, 0.5) is 5.82 Å². The van der Waals surface area contributed by atoms with Crippen LogP contribution in [0.5, 0.6) is 0 Å². The standard InChI is InChI=1S/C16H21N5/c1-20(2)16-11-18-10-14(19-16)15-4-3-9-21(15)12-13-5-7-17-8-6-13/h5-8,10-11,15H,3-4,9,12H2,1-2H3/t15-/m1/s1. The van der Waals surface area contributed by atoms with Crippen LogP contribution >= 0.6 is 0 Å². The number of nitrogens with zero attached hydrogens (tertiary/aromatic N) is 5. The first-order valence-electron chi connectivity index (χ1n) is 7.36. The molecule has 3 rings (SSSR count). The van der Waals surface area contributed by atoms with Crippen molar-refractivity contribution in [2.75, 3.05) is 25.5 Å². The van der Waals surface area contributed by atoms with E-state index in [4.69, 9.17) is 4.98 Å². The van der Waals surface area contributed by atoms with Crippen molar-refractivity contribution in [2.45, 2.75) is 25.4 Å². The maximum atomic E-state index is 4.76. The molecule has 3 heterocycles. The molecule has 5 heteroatoms. The molecule has 5 nitrogen and oxygen atoms in total. The molecule has 0 bridgehead atoms. The number of rotatable bonds is 4. The van der Waals surface area contributed by atoms with Crippen LogP contribution in [0.15, 0.2) is 36.9 Å². The maximum absolute atomic E-state index is 4.76. The van der Waals surface area contributed by atoms with Crippen LogP contribution in [0.3, 0.4) is 0 Å². The molecule has 21 heavy (non-hydrogen) atoms. The van der Waals surface area contributed by atoms with Gasteiger partial charge in [-0.05, 0) is 37.1 Å². The van der Waals surface area contributed by atoms with Crippen LogP contribution in [0, 0.1) is 0 Å². The highest BCUT2D eigenvalue weighted by atomic mass is 15.2. The topological polar surface area (TPSA) is 45.2 Å². The molecular weight excluding hydrogens is 262 g/mol. The Kier molecular flexibility index (Phi) is 4.10. The minimum absolute atomic E-state index is 0.366. The van der Waals surface area contributed by atoms with E-state index >= 15 is 0 Å². The Morgan fingerprint density at radius 2 is 2.00 bits per heavy atom. The van der Waals surface area contributed by atoms with Gasteiger partial charge in [-0.2, -0.15) is 0 Å². The Hall–Kier alpha value is -2.01. The molecule has 0 aromatic carbocycles. The lowest BCUT2D eigenvalue weighted by Crippen LogP contribution is -2.24. The highest BCUT2D eigenvalue weighted by Crippen LogP contribution is 2.32. The van der Waals surface area contributed by atoms with Crippen molar-refractivity contribution in [1.29, 1.82) is 0 Å². The van der Waals surface area contributed by atoms with Gasteiger partial charge in [-0.1, -0.05) is 0 Å². The fraction of sp³-hybridized carbons (Fsp3) is 0.438. The molecule has 1 aliphatic rings. The van der Waals surface area contributed by atoms with E-state index in [1.165, 1.54) is 12.0 Å². The van der Waals surface area contributed by atoms with E-state index in [0.29, 0.717) is 6.04 Å². The Bertz CT molecular complexity index is 584. The zero-order chi connectivity index (χ0) is 14.7. The normalized spacial score (nSPS) is 18.9. The van der Waals surface area contributed by atoms with Gasteiger partial charge >= 0.3 is 0 Å². The summed E-state index contributed by atoms with van der Waals surface area (Å²) in [5, 5.41) is 0.